The molecule has 0 spiro atoms. The van der Waals surface area contributed by atoms with Crippen LogP contribution < -0.4 is 11.1 Å². The van der Waals surface area contributed by atoms with Gasteiger partial charge in [-0.1, -0.05) is 38.2 Å². The summed E-state index contributed by atoms with van der Waals surface area (Å²) in [5, 5.41) is 35.2. The summed E-state index contributed by atoms with van der Waals surface area (Å²) in [6.45, 7) is 6.90. The maximum Gasteiger partial charge on any atom is 0.405 e. The number of ether oxygens (including phenoxy) is 3. The van der Waals surface area contributed by atoms with Crippen molar-refractivity contribution in [2.45, 2.75) is 65.0 Å². The van der Waals surface area contributed by atoms with Crippen molar-refractivity contribution >= 4 is 24.0 Å². The Hall–Kier alpha value is -3.67. The predicted octanol–water partition coefficient (Wildman–Crippen LogP) is 3.37. The van der Waals surface area contributed by atoms with Crippen molar-refractivity contribution in [3.05, 3.63) is 52.6 Å². The van der Waals surface area contributed by atoms with Crippen molar-refractivity contribution in [2.75, 3.05) is 19.5 Å². The number of carbonyl (C=O) groups excluding carboxylic acids is 3. The van der Waals surface area contributed by atoms with Crippen LogP contribution in [0.15, 0.2) is 41.5 Å². The highest BCUT2D eigenvalue weighted by Gasteiger charge is 2.30. The van der Waals surface area contributed by atoms with E-state index in [1.54, 1.807) is 39.0 Å². The first kappa shape index (κ1) is 32.5. The zero-order chi connectivity index (χ0) is 30.1. The third kappa shape index (κ3) is 8.17. The Kier molecular flexibility index (Phi) is 11.9. The molecule has 1 aromatic rings. The Morgan fingerprint density at radius 2 is 1.85 bits per heavy atom. The summed E-state index contributed by atoms with van der Waals surface area (Å²) in [6.07, 6.45) is 2.97. The summed E-state index contributed by atoms with van der Waals surface area (Å²) in [6, 6.07) is 1.11. The molecule has 0 unspecified atom stereocenters. The molecule has 6 atom stereocenters. The van der Waals surface area contributed by atoms with E-state index in [1.165, 1.54) is 20.3 Å². The second kappa shape index (κ2) is 14.6. The molecule has 11 heteroatoms. The Morgan fingerprint density at radius 3 is 2.42 bits per heavy atom. The van der Waals surface area contributed by atoms with Crippen LogP contribution in [0.5, 0.6) is 11.5 Å². The lowest BCUT2D eigenvalue weighted by atomic mass is 9.87. The number of aliphatic hydroxyl groups is 1. The van der Waals surface area contributed by atoms with E-state index < -0.39 is 48.1 Å². The molecule has 40 heavy (non-hydrogen) atoms. The highest BCUT2D eigenvalue weighted by atomic mass is 16.6. The van der Waals surface area contributed by atoms with Crippen molar-refractivity contribution in [1.82, 2.24) is 0 Å². The summed E-state index contributed by atoms with van der Waals surface area (Å²) >= 11 is 0. The predicted molar refractivity (Wildman–Crippen MR) is 149 cm³/mol. The number of phenolic OH excluding ortho intramolecular Hbond substituents is 2. The van der Waals surface area contributed by atoms with E-state index in [0.29, 0.717) is 18.3 Å². The van der Waals surface area contributed by atoms with Gasteiger partial charge in [-0.05, 0) is 38.2 Å². The van der Waals surface area contributed by atoms with Crippen LogP contribution in [0.1, 0.15) is 50.0 Å². The molecule has 220 valence electrons. The zero-order valence-corrected chi connectivity index (χ0v) is 23.7. The summed E-state index contributed by atoms with van der Waals surface area (Å²) in [7, 11) is 2.89. The van der Waals surface area contributed by atoms with Crippen molar-refractivity contribution < 1.29 is 43.9 Å². The third-order valence-corrected chi connectivity index (χ3v) is 6.99. The average molecular weight is 561 g/mol. The van der Waals surface area contributed by atoms with E-state index in [-0.39, 0.29) is 40.5 Å². The SMILES string of the molecule is CO[C@H]1/C=C\C=C(\C)C(=O)Nc2cc(O)c(C=O)c(c2O)C[C@@H](C)C[C@H](OC)[C@H](O)[C@@H](C)/C=C(\C)[C@@H]1OC(N)=O. The van der Waals surface area contributed by atoms with Gasteiger partial charge in [0.25, 0.3) is 5.91 Å². The van der Waals surface area contributed by atoms with Gasteiger partial charge in [-0.15, -0.1) is 0 Å². The molecule has 0 aromatic heterocycles. The topological polar surface area (TPSA) is 178 Å². The summed E-state index contributed by atoms with van der Waals surface area (Å²) in [5.41, 5.74) is 6.16. The van der Waals surface area contributed by atoms with Crippen LogP contribution in [0.25, 0.3) is 0 Å². The Balaban J connectivity index is 2.66. The fourth-order valence-electron chi connectivity index (χ4n) is 4.76. The monoisotopic (exact) mass is 560 g/mol. The van der Waals surface area contributed by atoms with Gasteiger partial charge < -0.3 is 40.6 Å². The Morgan fingerprint density at radius 1 is 1.18 bits per heavy atom. The van der Waals surface area contributed by atoms with E-state index in [2.05, 4.69) is 5.32 Å². The molecule has 0 radical (unpaired) electrons. The largest absolute Gasteiger partial charge is 0.507 e. The minimum atomic E-state index is -1.01. The maximum atomic E-state index is 12.9. The summed E-state index contributed by atoms with van der Waals surface area (Å²) in [5.74, 6) is -1.98. The van der Waals surface area contributed by atoms with Crippen LogP contribution in [0.2, 0.25) is 0 Å². The number of phenols is 2. The average Bonchev–Trinajstić information content (AvgIpc) is 2.90. The third-order valence-electron chi connectivity index (χ3n) is 6.99. The summed E-state index contributed by atoms with van der Waals surface area (Å²) in [4.78, 5) is 36.3. The quantitative estimate of drug-likeness (QED) is 0.160. The van der Waals surface area contributed by atoms with Gasteiger partial charge in [-0.3, -0.25) is 9.59 Å². The van der Waals surface area contributed by atoms with Gasteiger partial charge in [0, 0.05) is 37.3 Å². The number of amides is 2. The van der Waals surface area contributed by atoms with Gasteiger partial charge in [0.2, 0.25) is 0 Å². The minimum Gasteiger partial charge on any atom is -0.507 e. The van der Waals surface area contributed by atoms with Gasteiger partial charge in [-0.25, -0.2) is 4.79 Å². The number of nitrogens with one attached hydrogen (secondary N) is 1. The molecule has 11 nitrogen and oxygen atoms in total. The van der Waals surface area contributed by atoms with Gasteiger partial charge in [0.05, 0.1) is 23.5 Å². The number of rotatable bonds is 4. The van der Waals surface area contributed by atoms with Crippen LogP contribution in [-0.4, -0.2) is 72.2 Å². The number of benzene rings is 1. The number of carbonyl (C=O) groups is 3. The standard InChI is InChI=1S/C29H40N2O9/c1-15-10-19-20(14-32)22(33)13-21(26(19)35)31-28(36)16(2)8-7-9-23(38-5)27(40-29(30)37)18(4)12-17(3)25(34)24(11-15)39-6/h7-9,12-15,17,23-25,27,33-35H,10-11H2,1-6H3,(H2,30,37)(H,31,36)/b9-7-,16-8-,18-12+/t15-,17+,23+,24+,25-,27+/m1/s1. The fraction of sp³-hybridized carbons (Fsp3) is 0.483. The zero-order valence-electron chi connectivity index (χ0n) is 23.7. The molecule has 1 aromatic carbocycles. The fourth-order valence-corrected chi connectivity index (χ4v) is 4.76. The van der Waals surface area contributed by atoms with Gasteiger partial charge in [-0.2, -0.15) is 0 Å². The molecule has 0 fully saturated rings. The van der Waals surface area contributed by atoms with Crippen LogP contribution in [0.3, 0.4) is 0 Å². The molecular weight excluding hydrogens is 520 g/mol. The van der Waals surface area contributed by atoms with E-state index in [0.717, 1.165) is 6.07 Å². The second-order valence-corrected chi connectivity index (χ2v) is 10.1. The molecule has 2 amide bonds. The maximum absolute atomic E-state index is 12.9. The minimum absolute atomic E-state index is 0.0635. The number of nitrogens with two attached hydrogens (primary N) is 1. The van der Waals surface area contributed by atoms with Crippen LogP contribution in [0.4, 0.5) is 10.5 Å². The number of aldehydes is 1. The number of methoxy groups -OCH3 is 2. The molecule has 0 saturated heterocycles. The van der Waals surface area contributed by atoms with Crippen LogP contribution in [-0.2, 0) is 25.4 Å². The van der Waals surface area contributed by atoms with Crippen LogP contribution in [0, 0.1) is 11.8 Å². The molecule has 2 rings (SSSR count). The molecule has 2 bridgehead atoms. The number of aliphatic hydroxyl groups excluding tert-OH is 1. The first-order valence-electron chi connectivity index (χ1n) is 12.9. The Labute approximate surface area is 234 Å². The van der Waals surface area contributed by atoms with Gasteiger partial charge in [0.15, 0.2) is 12.4 Å². The first-order valence-corrected chi connectivity index (χ1v) is 12.9. The highest BCUT2D eigenvalue weighted by molar-refractivity contribution is 6.05. The molecular formula is C29H40N2O9. The Bertz CT molecular complexity index is 1170. The van der Waals surface area contributed by atoms with E-state index >= 15 is 0 Å². The van der Waals surface area contributed by atoms with Crippen LogP contribution >= 0.6 is 0 Å². The van der Waals surface area contributed by atoms with E-state index in [9.17, 15) is 29.7 Å². The van der Waals surface area contributed by atoms with E-state index in [4.69, 9.17) is 19.9 Å². The lowest BCUT2D eigenvalue weighted by molar-refractivity contribution is -0.112. The van der Waals surface area contributed by atoms with E-state index in [1.807, 2.05) is 6.92 Å². The molecule has 0 aliphatic carbocycles. The highest BCUT2D eigenvalue weighted by Crippen LogP contribution is 2.38. The van der Waals surface area contributed by atoms with Gasteiger partial charge >= 0.3 is 6.09 Å². The number of allylic oxidation sites excluding steroid dienone is 2. The number of aromatic hydroxyl groups is 2. The molecule has 6 N–H and O–H groups in total. The molecule has 0 saturated carbocycles. The molecule has 1 heterocycles. The van der Waals surface area contributed by atoms with Crippen molar-refractivity contribution in [3.63, 3.8) is 0 Å². The van der Waals surface area contributed by atoms with Crippen molar-refractivity contribution in [2.24, 2.45) is 17.6 Å². The first-order chi connectivity index (χ1) is 18.8. The number of fused-ring (bicyclic) bond motifs is 2. The van der Waals surface area contributed by atoms with Gasteiger partial charge in [0.1, 0.15) is 17.6 Å². The number of anilines is 1. The lowest BCUT2D eigenvalue weighted by Gasteiger charge is -2.29. The molecule has 1 aliphatic rings. The van der Waals surface area contributed by atoms with Crippen molar-refractivity contribution in [3.8, 4) is 11.5 Å². The molecule has 1 aliphatic heterocycles. The number of hydrogen-bond acceptors (Lipinski definition) is 9. The number of primary amides is 1. The second-order valence-electron chi connectivity index (χ2n) is 10.1. The smallest absolute Gasteiger partial charge is 0.405 e. The normalized spacial score (nSPS) is 30.2. The number of hydrogen-bond donors (Lipinski definition) is 5. The summed E-state index contributed by atoms with van der Waals surface area (Å²) < 4.78 is 16.5. The lowest BCUT2D eigenvalue weighted by Crippen LogP contribution is -2.37. The van der Waals surface area contributed by atoms with Crippen molar-refractivity contribution in [1.29, 1.82) is 0 Å².